The number of esters is 1. The predicted molar refractivity (Wildman–Crippen MR) is 126 cm³/mol. The van der Waals surface area contributed by atoms with Crippen molar-refractivity contribution in [2.45, 2.75) is 43.9 Å². The number of ether oxygens (including phenoxy) is 2. The summed E-state index contributed by atoms with van der Waals surface area (Å²) in [4.78, 5) is 18.5. The van der Waals surface area contributed by atoms with Crippen molar-refractivity contribution >= 4 is 35.9 Å². The minimum absolute atomic E-state index is 0. The number of benzene rings is 1. The van der Waals surface area contributed by atoms with Gasteiger partial charge in [0.15, 0.2) is 5.96 Å². The normalized spacial score (nSPS) is 19.4. The van der Waals surface area contributed by atoms with Crippen molar-refractivity contribution in [3.8, 4) is 5.75 Å². The number of hydrogen-bond donors (Lipinski definition) is 1. The summed E-state index contributed by atoms with van der Waals surface area (Å²) in [5.74, 6) is 1.81. The molecule has 1 saturated heterocycles. The van der Waals surface area contributed by atoms with E-state index in [0.717, 1.165) is 57.0 Å². The summed E-state index contributed by atoms with van der Waals surface area (Å²) >= 11 is 0. The number of para-hydroxylation sites is 1. The molecule has 1 aromatic rings. The maximum Gasteiger partial charge on any atom is 0.308 e. The van der Waals surface area contributed by atoms with E-state index in [4.69, 9.17) is 9.47 Å². The Morgan fingerprint density at radius 2 is 1.86 bits per heavy atom. The number of rotatable bonds is 5. The maximum atomic E-state index is 11.8. The largest absolute Gasteiger partial charge is 0.496 e. The van der Waals surface area contributed by atoms with Crippen molar-refractivity contribution in [1.29, 1.82) is 0 Å². The number of hydrogen-bond acceptors (Lipinski definition) is 4. The van der Waals surface area contributed by atoms with Gasteiger partial charge in [0.1, 0.15) is 5.75 Å². The van der Waals surface area contributed by atoms with E-state index in [2.05, 4.69) is 33.4 Å². The zero-order valence-corrected chi connectivity index (χ0v) is 20.1. The fourth-order valence-electron chi connectivity index (χ4n) is 4.75. The van der Waals surface area contributed by atoms with Crippen LogP contribution in [0.5, 0.6) is 5.75 Å². The molecule has 2 fully saturated rings. The first-order valence-corrected chi connectivity index (χ1v) is 10.3. The van der Waals surface area contributed by atoms with Crippen LogP contribution >= 0.6 is 24.0 Å². The van der Waals surface area contributed by atoms with Gasteiger partial charge in [-0.3, -0.25) is 9.79 Å². The van der Waals surface area contributed by atoms with E-state index in [-0.39, 0.29) is 41.3 Å². The third-order valence-electron chi connectivity index (χ3n) is 6.36. The number of halogens is 1. The molecule has 1 heterocycles. The molecule has 29 heavy (non-hydrogen) atoms. The first-order valence-electron chi connectivity index (χ1n) is 10.3. The van der Waals surface area contributed by atoms with Crippen LogP contribution < -0.4 is 10.1 Å². The van der Waals surface area contributed by atoms with Gasteiger partial charge < -0.3 is 19.7 Å². The maximum absolute atomic E-state index is 11.8. The molecule has 0 radical (unpaired) electrons. The van der Waals surface area contributed by atoms with Crippen molar-refractivity contribution in [3.05, 3.63) is 29.8 Å². The molecule has 1 aromatic carbocycles. The van der Waals surface area contributed by atoms with Gasteiger partial charge in [-0.15, -0.1) is 24.0 Å². The summed E-state index contributed by atoms with van der Waals surface area (Å²) < 4.78 is 10.6. The van der Waals surface area contributed by atoms with Gasteiger partial charge in [0, 0.05) is 37.7 Å². The number of methoxy groups -OCH3 is 2. The summed E-state index contributed by atoms with van der Waals surface area (Å²) in [5, 5.41) is 3.63. The van der Waals surface area contributed by atoms with E-state index in [1.165, 1.54) is 25.5 Å². The Balaban J connectivity index is 0.00000300. The number of nitrogens with zero attached hydrogens (tertiary/aromatic N) is 2. The minimum Gasteiger partial charge on any atom is -0.496 e. The highest BCUT2D eigenvalue weighted by atomic mass is 127. The summed E-state index contributed by atoms with van der Waals surface area (Å²) in [7, 11) is 5.05. The van der Waals surface area contributed by atoms with Crippen LogP contribution in [-0.4, -0.2) is 57.7 Å². The Bertz CT molecular complexity index is 696. The minimum atomic E-state index is -0.0938. The van der Waals surface area contributed by atoms with Crippen LogP contribution in [0.2, 0.25) is 0 Å². The van der Waals surface area contributed by atoms with Crippen molar-refractivity contribution in [1.82, 2.24) is 10.2 Å². The molecule has 6 nitrogen and oxygen atoms in total. The molecule has 0 aromatic heterocycles. The second kappa shape index (κ2) is 11.0. The Kier molecular flexibility index (Phi) is 9.04. The first kappa shape index (κ1) is 23.8. The van der Waals surface area contributed by atoms with Crippen LogP contribution in [0.15, 0.2) is 29.3 Å². The fourth-order valence-corrected chi connectivity index (χ4v) is 4.75. The van der Waals surface area contributed by atoms with Gasteiger partial charge in [0.2, 0.25) is 0 Å². The molecule has 1 aliphatic heterocycles. The van der Waals surface area contributed by atoms with E-state index in [1.54, 1.807) is 7.11 Å². The molecule has 1 saturated carbocycles. The number of likely N-dealkylation sites (tertiary alicyclic amines) is 1. The van der Waals surface area contributed by atoms with Gasteiger partial charge in [-0.1, -0.05) is 31.0 Å². The summed E-state index contributed by atoms with van der Waals surface area (Å²) in [6.07, 6.45) is 6.41. The van der Waals surface area contributed by atoms with Crippen molar-refractivity contribution in [2.75, 3.05) is 40.9 Å². The Morgan fingerprint density at radius 1 is 1.21 bits per heavy atom. The van der Waals surface area contributed by atoms with Crippen LogP contribution in [0, 0.1) is 5.92 Å². The van der Waals surface area contributed by atoms with Gasteiger partial charge >= 0.3 is 5.97 Å². The van der Waals surface area contributed by atoms with E-state index in [0.29, 0.717) is 0 Å². The number of guanidine groups is 1. The van der Waals surface area contributed by atoms with Gasteiger partial charge in [-0.2, -0.15) is 0 Å². The molecule has 0 bridgehead atoms. The molecule has 162 valence electrons. The topological polar surface area (TPSA) is 63.2 Å². The first-order chi connectivity index (χ1) is 13.6. The molecule has 0 spiro atoms. The van der Waals surface area contributed by atoms with E-state index in [1.807, 2.05) is 13.1 Å². The molecular formula is C22H34IN3O3. The van der Waals surface area contributed by atoms with Crippen molar-refractivity contribution < 1.29 is 14.3 Å². The SMILES string of the molecule is CN=C(NCC1(c2ccccc2OC)CCCC1)N1CCC(C(=O)OC)CC1.I. The molecule has 0 atom stereocenters. The Hall–Kier alpha value is -1.51. The molecule has 7 heteroatoms. The Morgan fingerprint density at radius 3 is 2.45 bits per heavy atom. The monoisotopic (exact) mass is 515 g/mol. The lowest BCUT2D eigenvalue weighted by Crippen LogP contribution is -2.49. The summed E-state index contributed by atoms with van der Waals surface area (Å²) in [5.41, 5.74) is 1.37. The average molecular weight is 515 g/mol. The van der Waals surface area contributed by atoms with E-state index in [9.17, 15) is 4.79 Å². The number of piperidine rings is 1. The zero-order chi connectivity index (χ0) is 20.0. The number of carbonyl (C=O) groups excluding carboxylic acids is 1. The molecule has 0 amide bonds. The average Bonchev–Trinajstić information content (AvgIpc) is 3.24. The standard InChI is InChI=1S/C22H33N3O3.HI/c1-23-21(25-14-10-17(11-15-25)20(26)28-3)24-16-22(12-6-7-13-22)18-8-4-5-9-19(18)27-2;/h4-5,8-9,17H,6-7,10-16H2,1-3H3,(H,23,24);1H. The van der Waals surface area contributed by atoms with Crippen LogP contribution in [0.3, 0.4) is 0 Å². The van der Waals surface area contributed by atoms with Gasteiger partial charge in [-0.05, 0) is 31.7 Å². The molecule has 1 N–H and O–H groups in total. The highest BCUT2D eigenvalue weighted by molar-refractivity contribution is 14.0. The Labute approximate surface area is 191 Å². The van der Waals surface area contributed by atoms with Crippen LogP contribution in [0.25, 0.3) is 0 Å². The lowest BCUT2D eigenvalue weighted by molar-refractivity contribution is -0.146. The van der Waals surface area contributed by atoms with Gasteiger partial charge in [-0.25, -0.2) is 0 Å². The quantitative estimate of drug-likeness (QED) is 0.281. The van der Waals surface area contributed by atoms with Crippen LogP contribution in [-0.2, 0) is 14.9 Å². The van der Waals surface area contributed by atoms with Gasteiger partial charge in [0.05, 0.1) is 20.1 Å². The molecule has 3 rings (SSSR count). The van der Waals surface area contributed by atoms with Crippen LogP contribution in [0.1, 0.15) is 44.1 Å². The summed E-state index contributed by atoms with van der Waals surface area (Å²) in [6.45, 7) is 2.49. The molecule has 0 unspecified atom stereocenters. The zero-order valence-electron chi connectivity index (χ0n) is 17.8. The lowest BCUT2D eigenvalue weighted by atomic mass is 9.78. The second-order valence-corrected chi connectivity index (χ2v) is 7.87. The van der Waals surface area contributed by atoms with E-state index < -0.39 is 0 Å². The smallest absolute Gasteiger partial charge is 0.308 e. The van der Waals surface area contributed by atoms with Crippen molar-refractivity contribution in [2.24, 2.45) is 10.9 Å². The third kappa shape index (κ3) is 5.35. The molecular weight excluding hydrogens is 481 g/mol. The number of carbonyl (C=O) groups is 1. The number of nitrogens with one attached hydrogen (secondary N) is 1. The second-order valence-electron chi connectivity index (χ2n) is 7.87. The lowest BCUT2D eigenvalue weighted by Gasteiger charge is -2.36. The number of aliphatic imine (C=N–C) groups is 1. The molecule has 1 aliphatic carbocycles. The van der Waals surface area contributed by atoms with Crippen molar-refractivity contribution in [3.63, 3.8) is 0 Å². The van der Waals surface area contributed by atoms with E-state index >= 15 is 0 Å². The van der Waals surface area contributed by atoms with Crippen LogP contribution in [0.4, 0.5) is 0 Å². The summed E-state index contributed by atoms with van der Waals surface area (Å²) in [6, 6.07) is 8.39. The fraction of sp³-hybridized carbons (Fsp3) is 0.636. The predicted octanol–water partition coefficient (Wildman–Crippen LogP) is 3.59. The highest BCUT2D eigenvalue weighted by Gasteiger charge is 2.38. The molecule has 2 aliphatic rings. The third-order valence-corrected chi connectivity index (χ3v) is 6.36. The highest BCUT2D eigenvalue weighted by Crippen LogP contribution is 2.44. The van der Waals surface area contributed by atoms with Gasteiger partial charge in [0.25, 0.3) is 0 Å².